The number of Topliss-reactive ketones (excluding diaryl/α,β-unsaturated/α-hetero) is 1. The zero-order valence-corrected chi connectivity index (χ0v) is 16.9. The minimum absolute atomic E-state index is 0.0524. The summed E-state index contributed by atoms with van der Waals surface area (Å²) in [6.07, 6.45) is 3.40. The van der Waals surface area contributed by atoms with Crippen molar-refractivity contribution in [3.63, 3.8) is 0 Å². The van der Waals surface area contributed by atoms with E-state index in [-0.39, 0.29) is 10.9 Å². The van der Waals surface area contributed by atoms with Crippen molar-refractivity contribution in [1.82, 2.24) is 0 Å². The Balaban J connectivity index is 1.92. The third-order valence-corrected chi connectivity index (χ3v) is 6.29. The first-order chi connectivity index (χ1) is 12.1. The Morgan fingerprint density at radius 3 is 2.46 bits per heavy atom. The summed E-state index contributed by atoms with van der Waals surface area (Å²) in [6, 6.07) is 5.97. The van der Waals surface area contributed by atoms with Crippen LogP contribution in [0.1, 0.15) is 62.5 Å². The Hall–Kier alpha value is -1.37. The Morgan fingerprint density at radius 1 is 1.19 bits per heavy atom. The van der Waals surface area contributed by atoms with Crippen LogP contribution in [0.15, 0.2) is 23.7 Å². The molecule has 1 aliphatic carbocycles. The highest BCUT2D eigenvalue weighted by Crippen LogP contribution is 2.39. The van der Waals surface area contributed by atoms with Crippen LogP contribution in [0.25, 0.3) is 6.08 Å². The quantitative estimate of drug-likeness (QED) is 0.745. The first kappa shape index (κ1) is 19.4. The van der Waals surface area contributed by atoms with E-state index in [4.69, 9.17) is 9.31 Å². The molecule has 0 saturated carbocycles. The van der Waals surface area contributed by atoms with Gasteiger partial charge >= 0.3 is 7.12 Å². The van der Waals surface area contributed by atoms with Crippen molar-refractivity contribution in [3.8, 4) is 0 Å². The van der Waals surface area contributed by atoms with Crippen LogP contribution in [-0.4, -0.2) is 35.0 Å². The van der Waals surface area contributed by atoms with Gasteiger partial charge in [-0.15, -0.1) is 0 Å². The van der Waals surface area contributed by atoms with Crippen LogP contribution >= 0.6 is 11.8 Å². The number of hydrogen-bond donors (Lipinski definition) is 0. The molecule has 0 spiro atoms. The standard InChI is InChI=1S/C20H25BO4S/c1-13(22)26-12-16(21-24-19(2,3)20(4,5)25-21)10-14-6-7-15-8-9-18(23)17(15)11-14/h6-7,10-11H,8-9,12H2,1-5H3. The fourth-order valence-corrected chi connectivity index (χ4v) is 3.70. The number of ketones is 1. The third kappa shape index (κ3) is 3.82. The van der Waals surface area contributed by atoms with Crippen LogP contribution in [-0.2, 0) is 20.5 Å². The molecule has 26 heavy (non-hydrogen) atoms. The molecule has 1 heterocycles. The van der Waals surface area contributed by atoms with E-state index in [0.717, 1.165) is 28.6 Å². The number of carbonyl (C=O) groups is 2. The van der Waals surface area contributed by atoms with E-state index in [0.29, 0.717) is 12.2 Å². The van der Waals surface area contributed by atoms with Gasteiger partial charge in [0, 0.05) is 24.7 Å². The number of benzene rings is 1. The van der Waals surface area contributed by atoms with Crippen molar-refractivity contribution in [2.24, 2.45) is 0 Å². The average Bonchev–Trinajstić information content (AvgIpc) is 3.00. The predicted octanol–water partition coefficient (Wildman–Crippen LogP) is 4.11. The minimum atomic E-state index is -0.504. The molecule has 0 aromatic heterocycles. The maximum atomic E-state index is 12.0. The molecular weight excluding hydrogens is 347 g/mol. The van der Waals surface area contributed by atoms with Crippen LogP contribution in [0.3, 0.4) is 0 Å². The molecule has 6 heteroatoms. The monoisotopic (exact) mass is 372 g/mol. The van der Waals surface area contributed by atoms with Gasteiger partial charge in [-0.05, 0) is 56.8 Å². The molecule has 0 amide bonds. The summed E-state index contributed by atoms with van der Waals surface area (Å²) in [5, 5.41) is 0.0524. The van der Waals surface area contributed by atoms with Gasteiger partial charge in [-0.25, -0.2) is 0 Å². The lowest BCUT2D eigenvalue weighted by atomic mass is 9.78. The highest BCUT2D eigenvalue weighted by Gasteiger charge is 2.52. The van der Waals surface area contributed by atoms with Gasteiger partial charge in [0.2, 0.25) is 0 Å². The maximum Gasteiger partial charge on any atom is 0.491 e. The second kappa shape index (κ2) is 6.99. The Kier molecular flexibility index (Phi) is 5.21. The second-order valence-corrected chi connectivity index (χ2v) is 9.08. The molecular formula is C20H25BO4S. The molecule has 4 nitrogen and oxygen atoms in total. The molecule has 0 N–H and O–H groups in total. The lowest BCUT2D eigenvalue weighted by molar-refractivity contribution is -0.109. The lowest BCUT2D eigenvalue weighted by Gasteiger charge is -2.32. The fourth-order valence-electron chi connectivity index (χ4n) is 3.12. The van der Waals surface area contributed by atoms with Gasteiger partial charge in [0.25, 0.3) is 0 Å². The van der Waals surface area contributed by atoms with Gasteiger partial charge in [-0.3, -0.25) is 9.59 Å². The van der Waals surface area contributed by atoms with Gasteiger partial charge in [0.1, 0.15) is 0 Å². The molecule has 0 atom stereocenters. The first-order valence-corrected chi connectivity index (χ1v) is 9.93. The highest BCUT2D eigenvalue weighted by atomic mass is 32.2. The molecule has 1 fully saturated rings. The number of fused-ring (bicyclic) bond motifs is 1. The first-order valence-electron chi connectivity index (χ1n) is 8.95. The van der Waals surface area contributed by atoms with Gasteiger partial charge in [-0.1, -0.05) is 30.0 Å². The SMILES string of the molecule is CC(=O)SCC(=Cc1ccc2c(c1)C(=O)CC2)B1OC(C)(C)C(C)(C)O1. The molecule has 3 rings (SSSR count). The maximum absolute atomic E-state index is 12.0. The number of rotatable bonds is 4. The van der Waals surface area contributed by atoms with Crippen molar-refractivity contribution < 1.29 is 18.9 Å². The zero-order chi connectivity index (χ0) is 19.1. The molecule has 1 aromatic rings. The van der Waals surface area contributed by atoms with Crippen LogP contribution in [0.4, 0.5) is 0 Å². The molecule has 0 radical (unpaired) electrons. The van der Waals surface area contributed by atoms with Crippen molar-refractivity contribution in [1.29, 1.82) is 0 Å². The number of hydrogen-bond acceptors (Lipinski definition) is 5. The van der Waals surface area contributed by atoms with E-state index in [1.54, 1.807) is 6.92 Å². The van der Waals surface area contributed by atoms with Crippen LogP contribution in [0.2, 0.25) is 0 Å². The zero-order valence-electron chi connectivity index (χ0n) is 16.0. The lowest BCUT2D eigenvalue weighted by Crippen LogP contribution is -2.41. The molecule has 1 aliphatic heterocycles. The van der Waals surface area contributed by atoms with Gasteiger partial charge in [0.15, 0.2) is 10.9 Å². The van der Waals surface area contributed by atoms with E-state index in [9.17, 15) is 9.59 Å². The number of thioether (sulfide) groups is 1. The van der Waals surface area contributed by atoms with Crippen molar-refractivity contribution >= 4 is 35.9 Å². The summed E-state index contributed by atoms with van der Waals surface area (Å²) in [5.41, 5.74) is 2.88. The second-order valence-electron chi connectivity index (χ2n) is 7.93. The Morgan fingerprint density at radius 2 is 1.85 bits per heavy atom. The summed E-state index contributed by atoms with van der Waals surface area (Å²) >= 11 is 1.24. The summed E-state index contributed by atoms with van der Waals surface area (Å²) in [7, 11) is -0.504. The fraction of sp³-hybridized carbons (Fsp3) is 0.500. The summed E-state index contributed by atoms with van der Waals surface area (Å²) in [4.78, 5) is 23.5. The van der Waals surface area contributed by atoms with E-state index in [1.165, 1.54) is 11.8 Å². The molecule has 138 valence electrons. The van der Waals surface area contributed by atoms with Gasteiger partial charge in [-0.2, -0.15) is 0 Å². The van der Waals surface area contributed by atoms with E-state index in [2.05, 4.69) is 0 Å². The molecule has 0 bridgehead atoms. The van der Waals surface area contributed by atoms with Crippen LogP contribution < -0.4 is 0 Å². The summed E-state index contributed by atoms with van der Waals surface area (Å²) < 4.78 is 12.3. The molecule has 1 aromatic carbocycles. The number of carbonyl (C=O) groups excluding carboxylic acids is 2. The minimum Gasteiger partial charge on any atom is -0.400 e. The highest BCUT2D eigenvalue weighted by molar-refractivity contribution is 8.13. The smallest absolute Gasteiger partial charge is 0.400 e. The van der Waals surface area contributed by atoms with Gasteiger partial charge < -0.3 is 9.31 Å². The largest absolute Gasteiger partial charge is 0.491 e. The van der Waals surface area contributed by atoms with E-state index >= 15 is 0 Å². The van der Waals surface area contributed by atoms with E-state index in [1.807, 2.05) is 52.0 Å². The summed E-state index contributed by atoms with van der Waals surface area (Å²) in [6.45, 7) is 9.60. The Labute approximate surface area is 159 Å². The van der Waals surface area contributed by atoms with Crippen molar-refractivity contribution in [2.45, 2.75) is 58.7 Å². The molecule has 2 aliphatic rings. The predicted molar refractivity (Wildman–Crippen MR) is 106 cm³/mol. The molecule has 0 unspecified atom stereocenters. The third-order valence-electron chi connectivity index (χ3n) is 5.41. The average molecular weight is 372 g/mol. The van der Waals surface area contributed by atoms with E-state index < -0.39 is 18.3 Å². The van der Waals surface area contributed by atoms with Crippen molar-refractivity contribution in [3.05, 3.63) is 40.4 Å². The van der Waals surface area contributed by atoms with Crippen LogP contribution in [0, 0.1) is 0 Å². The van der Waals surface area contributed by atoms with Crippen molar-refractivity contribution in [2.75, 3.05) is 5.75 Å². The normalized spacial score (nSPS) is 21.2. The van der Waals surface area contributed by atoms with Crippen LogP contribution in [0.5, 0.6) is 0 Å². The summed E-state index contributed by atoms with van der Waals surface area (Å²) in [5.74, 6) is 0.697. The Bertz CT molecular complexity index is 766. The topological polar surface area (TPSA) is 52.6 Å². The van der Waals surface area contributed by atoms with Gasteiger partial charge in [0.05, 0.1) is 11.2 Å². The molecule has 1 saturated heterocycles. The number of aryl methyl sites for hydroxylation is 1.